The molecule has 4 N–H and O–H groups in total. The van der Waals surface area contributed by atoms with E-state index < -0.39 is 16.1 Å². The molecule has 1 aromatic heterocycles. The third-order valence-electron chi connectivity index (χ3n) is 3.78. The van der Waals surface area contributed by atoms with Gasteiger partial charge in [0.15, 0.2) is 5.13 Å². The number of fused-ring (bicyclic) bond motifs is 1. The van der Waals surface area contributed by atoms with Crippen molar-refractivity contribution in [1.29, 1.82) is 0 Å². The van der Waals surface area contributed by atoms with Gasteiger partial charge in [-0.15, -0.1) is 11.3 Å². The van der Waals surface area contributed by atoms with Crippen LogP contribution >= 0.6 is 11.3 Å². The number of nitrogens with one attached hydrogen (secondary N) is 2. The van der Waals surface area contributed by atoms with Crippen LogP contribution < -0.4 is 15.8 Å². The fourth-order valence-corrected chi connectivity index (χ4v) is 4.68. The monoisotopic (exact) mass is 366 g/mol. The Bertz CT molecular complexity index is 848. The van der Waals surface area contributed by atoms with E-state index in [2.05, 4.69) is 15.0 Å². The van der Waals surface area contributed by atoms with E-state index in [9.17, 15) is 13.2 Å². The first-order chi connectivity index (χ1) is 11.5. The summed E-state index contributed by atoms with van der Waals surface area (Å²) >= 11 is 1.39. The first kappa shape index (κ1) is 16.9. The molecule has 0 fully saturated rings. The van der Waals surface area contributed by atoms with Crippen molar-refractivity contribution in [2.24, 2.45) is 0 Å². The maximum atomic E-state index is 12.2. The molecule has 1 amide bonds. The Labute approximate surface area is 144 Å². The number of anilines is 1. The lowest BCUT2D eigenvalue weighted by molar-refractivity contribution is -0.122. The molecule has 1 aliphatic heterocycles. The summed E-state index contributed by atoms with van der Waals surface area (Å²) in [6.45, 7) is 0.455. The number of nitrogens with zero attached hydrogens (tertiary/aromatic N) is 1. The van der Waals surface area contributed by atoms with Gasteiger partial charge in [0.05, 0.1) is 10.6 Å². The maximum Gasteiger partial charge on any atom is 0.241 e. The fraction of sp³-hybridized carbons (Fsp3) is 0.333. The lowest BCUT2D eigenvalue weighted by Gasteiger charge is -2.25. The second-order valence-corrected chi connectivity index (χ2v) is 8.13. The quantitative estimate of drug-likeness (QED) is 0.673. The number of hydrogen-bond acceptors (Lipinski definition) is 6. The standard InChI is InChI=1S/C15H18N4O3S2/c16-15-18-11(9-23-15)5-3-7-17-14(20)12-8-10-4-1-2-6-13(10)24(21,22)19-12/h1-2,4,6,9,12,19H,3,5,7-8H2,(H2,16,18)(H,17,20). The van der Waals surface area contributed by atoms with Gasteiger partial charge in [0.1, 0.15) is 6.04 Å². The average molecular weight is 366 g/mol. The Morgan fingerprint density at radius 2 is 2.21 bits per heavy atom. The van der Waals surface area contributed by atoms with Crippen molar-refractivity contribution in [3.05, 3.63) is 40.9 Å². The van der Waals surface area contributed by atoms with Gasteiger partial charge in [-0.25, -0.2) is 13.4 Å². The van der Waals surface area contributed by atoms with E-state index in [0.29, 0.717) is 36.5 Å². The van der Waals surface area contributed by atoms with E-state index >= 15 is 0 Å². The van der Waals surface area contributed by atoms with Crippen molar-refractivity contribution < 1.29 is 13.2 Å². The number of rotatable bonds is 5. The Kier molecular flexibility index (Phi) is 4.83. The number of carbonyl (C=O) groups is 1. The third kappa shape index (κ3) is 3.74. The van der Waals surface area contributed by atoms with Crippen LogP contribution in [0.1, 0.15) is 17.7 Å². The van der Waals surface area contributed by atoms with Crippen LogP contribution in [-0.4, -0.2) is 31.9 Å². The molecule has 0 bridgehead atoms. The molecule has 7 nitrogen and oxygen atoms in total. The highest BCUT2D eigenvalue weighted by Gasteiger charge is 2.32. The molecule has 1 aliphatic rings. The number of nitrogens with two attached hydrogens (primary N) is 1. The summed E-state index contributed by atoms with van der Waals surface area (Å²) in [5.41, 5.74) is 7.13. The van der Waals surface area contributed by atoms with Crippen LogP contribution in [0.4, 0.5) is 5.13 Å². The molecule has 0 spiro atoms. The molecule has 128 valence electrons. The average Bonchev–Trinajstić information content (AvgIpc) is 2.96. The van der Waals surface area contributed by atoms with Crippen LogP contribution in [0, 0.1) is 0 Å². The summed E-state index contributed by atoms with van der Waals surface area (Å²) in [6.07, 6.45) is 1.78. The SMILES string of the molecule is Nc1nc(CCCNC(=O)C2Cc3ccccc3S(=O)(=O)N2)cs1. The summed E-state index contributed by atoms with van der Waals surface area (Å²) in [7, 11) is -3.64. The first-order valence-corrected chi connectivity index (χ1v) is 9.90. The molecule has 24 heavy (non-hydrogen) atoms. The fourth-order valence-electron chi connectivity index (χ4n) is 2.63. The molecule has 2 heterocycles. The molecule has 3 rings (SSSR count). The van der Waals surface area contributed by atoms with E-state index in [0.717, 1.165) is 5.69 Å². The molecular formula is C15H18N4O3S2. The lowest BCUT2D eigenvalue weighted by atomic mass is 10.1. The van der Waals surface area contributed by atoms with Gasteiger partial charge in [-0.2, -0.15) is 4.72 Å². The summed E-state index contributed by atoms with van der Waals surface area (Å²) in [5, 5.41) is 5.20. The second kappa shape index (κ2) is 6.88. The minimum atomic E-state index is -3.64. The van der Waals surface area contributed by atoms with Gasteiger partial charge in [-0.1, -0.05) is 18.2 Å². The molecule has 1 unspecified atom stereocenters. The van der Waals surface area contributed by atoms with Crippen LogP contribution in [0.25, 0.3) is 0 Å². The van der Waals surface area contributed by atoms with Crippen LogP contribution in [0.5, 0.6) is 0 Å². The molecule has 1 atom stereocenters. The minimum Gasteiger partial charge on any atom is -0.375 e. The number of hydrogen-bond donors (Lipinski definition) is 3. The van der Waals surface area contributed by atoms with Gasteiger partial charge in [-0.05, 0) is 30.9 Å². The summed E-state index contributed by atoms with van der Waals surface area (Å²) in [6, 6.07) is 5.95. The molecule has 2 aromatic rings. The van der Waals surface area contributed by atoms with Crippen LogP contribution in [0.3, 0.4) is 0 Å². The van der Waals surface area contributed by atoms with Crippen molar-refractivity contribution >= 4 is 32.4 Å². The summed E-state index contributed by atoms with van der Waals surface area (Å²) in [5.74, 6) is -0.314. The normalized spacial score (nSPS) is 18.8. The number of nitrogen functional groups attached to an aromatic ring is 1. The first-order valence-electron chi connectivity index (χ1n) is 7.53. The maximum absolute atomic E-state index is 12.2. The number of aryl methyl sites for hydroxylation is 1. The van der Waals surface area contributed by atoms with Crippen molar-refractivity contribution in [2.45, 2.75) is 30.2 Å². The predicted octanol–water partition coefficient (Wildman–Crippen LogP) is 0.677. The van der Waals surface area contributed by atoms with Crippen molar-refractivity contribution in [3.63, 3.8) is 0 Å². The summed E-state index contributed by atoms with van der Waals surface area (Å²) < 4.78 is 26.8. The highest BCUT2D eigenvalue weighted by molar-refractivity contribution is 7.89. The van der Waals surface area contributed by atoms with Gasteiger partial charge in [0.2, 0.25) is 15.9 Å². The molecule has 0 saturated carbocycles. The Hall–Kier alpha value is -1.97. The largest absolute Gasteiger partial charge is 0.375 e. The molecule has 0 radical (unpaired) electrons. The Balaban J connectivity index is 1.54. The molecule has 9 heteroatoms. The van der Waals surface area contributed by atoms with E-state index in [-0.39, 0.29) is 10.8 Å². The van der Waals surface area contributed by atoms with Crippen molar-refractivity contribution in [1.82, 2.24) is 15.0 Å². The van der Waals surface area contributed by atoms with Crippen LogP contribution in [0.2, 0.25) is 0 Å². The smallest absolute Gasteiger partial charge is 0.241 e. The summed E-state index contributed by atoms with van der Waals surface area (Å²) in [4.78, 5) is 16.6. The van der Waals surface area contributed by atoms with Gasteiger partial charge in [0.25, 0.3) is 0 Å². The number of benzene rings is 1. The molecule has 1 aromatic carbocycles. The molecular weight excluding hydrogens is 348 g/mol. The van der Waals surface area contributed by atoms with Crippen LogP contribution in [-0.2, 0) is 27.7 Å². The Morgan fingerprint density at radius 1 is 1.42 bits per heavy atom. The van der Waals surface area contributed by atoms with Gasteiger partial charge >= 0.3 is 0 Å². The zero-order valence-electron chi connectivity index (χ0n) is 12.9. The topological polar surface area (TPSA) is 114 Å². The molecule has 0 saturated heterocycles. The highest BCUT2D eigenvalue weighted by Crippen LogP contribution is 2.22. The number of aromatic nitrogens is 1. The zero-order valence-corrected chi connectivity index (χ0v) is 14.5. The van der Waals surface area contributed by atoms with Crippen molar-refractivity contribution in [2.75, 3.05) is 12.3 Å². The van der Waals surface area contributed by atoms with Gasteiger partial charge in [-0.3, -0.25) is 4.79 Å². The van der Waals surface area contributed by atoms with E-state index in [1.165, 1.54) is 11.3 Å². The van der Waals surface area contributed by atoms with E-state index in [4.69, 9.17) is 5.73 Å². The van der Waals surface area contributed by atoms with Crippen molar-refractivity contribution in [3.8, 4) is 0 Å². The number of carbonyl (C=O) groups excluding carboxylic acids is 1. The van der Waals surface area contributed by atoms with E-state index in [1.54, 1.807) is 24.3 Å². The second-order valence-electron chi connectivity index (χ2n) is 5.56. The van der Waals surface area contributed by atoms with Gasteiger partial charge in [0, 0.05) is 11.9 Å². The van der Waals surface area contributed by atoms with Crippen LogP contribution in [0.15, 0.2) is 34.5 Å². The van der Waals surface area contributed by atoms with Gasteiger partial charge < -0.3 is 11.1 Å². The Morgan fingerprint density at radius 3 is 2.96 bits per heavy atom. The third-order valence-corrected chi connectivity index (χ3v) is 6.07. The highest BCUT2D eigenvalue weighted by atomic mass is 32.2. The predicted molar refractivity (Wildman–Crippen MR) is 92.1 cm³/mol. The minimum absolute atomic E-state index is 0.246. The number of sulfonamides is 1. The molecule has 0 aliphatic carbocycles. The number of thiazole rings is 1. The van der Waals surface area contributed by atoms with E-state index in [1.807, 2.05) is 5.38 Å². The zero-order chi connectivity index (χ0) is 17.2. The number of amides is 1. The lowest BCUT2D eigenvalue weighted by Crippen LogP contribution is -2.50.